The van der Waals surface area contributed by atoms with Crippen LogP contribution >= 0.6 is 11.5 Å². The number of aromatic nitrogens is 2. The predicted octanol–water partition coefficient (Wildman–Crippen LogP) is 2.44. The first-order chi connectivity index (χ1) is 10.6. The zero-order valence-electron chi connectivity index (χ0n) is 12.7. The van der Waals surface area contributed by atoms with E-state index in [9.17, 15) is 4.79 Å². The van der Waals surface area contributed by atoms with Gasteiger partial charge in [-0.25, -0.2) is 4.98 Å². The number of carbonyl (C=O) groups excluding carboxylic acids is 1. The van der Waals surface area contributed by atoms with Crippen molar-refractivity contribution in [3.05, 3.63) is 24.0 Å². The molecule has 0 spiro atoms. The third-order valence-corrected chi connectivity index (χ3v) is 3.43. The Morgan fingerprint density at radius 1 is 1.36 bits per heavy atom. The van der Waals surface area contributed by atoms with E-state index in [1.165, 1.54) is 18.5 Å². The van der Waals surface area contributed by atoms with E-state index in [0.717, 1.165) is 11.5 Å². The number of hydrogen-bond donors (Lipinski definition) is 2. The van der Waals surface area contributed by atoms with Crippen molar-refractivity contribution in [1.82, 2.24) is 9.36 Å². The SMILES string of the molecule is COCCc1nsc(Nc2ccc(OC)c(NC(C)=O)c2)n1. The Bertz CT molecular complexity index is 645. The molecule has 0 saturated heterocycles. The van der Waals surface area contributed by atoms with Gasteiger partial charge in [0, 0.05) is 37.7 Å². The van der Waals surface area contributed by atoms with E-state index in [0.29, 0.717) is 29.6 Å². The number of carbonyl (C=O) groups is 1. The summed E-state index contributed by atoms with van der Waals surface area (Å²) in [6, 6.07) is 5.41. The average Bonchev–Trinajstić information content (AvgIpc) is 2.92. The van der Waals surface area contributed by atoms with Gasteiger partial charge in [0.25, 0.3) is 0 Å². The van der Waals surface area contributed by atoms with E-state index in [1.807, 2.05) is 6.07 Å². The molecule has 0 unspecified atom stereocenters. The van der Waals surface area contributed by atoms with Crippen molar-refractivity contribution in [1.29, 1.82) is 0 Å². The van der Waals surface area contributed by atoms with Crippen molar-refractivity contribution < 1.29 is 14.3 Å². The van der Waals surface area contributed by atoms with Crippen molar-refractivity contribution in [2.24, 2.45) is 0 Å². The molecule has 2 N–H and O–H groups in total. The van der Waals surface area contributed by atoms with Gasteiger partial charge in [0.05, 0.1) is 19.4 Å². The number of nitrogens with zero attached hydrogens (tertiary/aromatic N) is 2. The standard InChI is InChI=1S/C14H18N4O3S/c1-9(19)15-11-8-10(4-5-12(11)21-3)16-14-17-13(18-22-14)6-7-20-2/h4-5,8H,6-7H2,1-3H3,(H,15,19)(H,16,17,18). The summed E-state index contributed by atoms with van der Waals surface area (Å²) in [5.74, 6) is 1.18. The Balaban J connectivity index is 2.11. The maximum atomic E-state index is 11.2. The van der Waals surface area contributed by atoms with Crippen LogP contribution in [0.25, 0.3) is 0 Å². The molecular formula is C14H18N4O3S. The molecule has 0 fully saturated rings. The van der Waals surface area contributed by atoms with E-state index in [4.69, 9.17) is 9.47 Å². The first-order valence-electron chi connectivity index (χ1n) is 6.66. The maximum absolute atomic E-state index is 11.2. The number of amides is 1. The quantitative estimate of drug-likeness (QED) is 0.814. The highest BCUT2D eigenvalue weighted by Crippen LogP contribution is 2.29. The minimum Gasteiger partial charge on any atom is -0.495 e. The number of methoxy groups -OCH3 is 2. The summed E-state index contributed by atoms with van der Waals surface area (Å²) in [5.41, 5.74) is 1.39. The lowest BCUT2D eigenvalue weighted by atomic mass is 10.2. The number of nitrogens with one attached hydrogen (secondary N) is 2. The highest BCUT2D eigenvalue weighted by Gasteiger charge is 2.08. The summed E-state index contributed by atoms with van der Waals surface area (Å²) < 4.78 is 14.5. The number of rotatable bonds is 7. The topological polar surface area (TPSA) is 85.4 Å². The second-order valence-corrected chi connectivity index (χ2v) is 5.23. The Morgan fingerprint density at radius 3 is 2.86 bits per heavy atom. The Labute approximate surface area is 132 Å². The second kappa shape index (κ2) is 7.71. The lowest BCUT2D eigenvalue weighted by Gasteiger charge is -2.11. The monoisotopic (exact) mass is 322 g/mol. The molecule has 0 aliphatic carbocycles. The van der Waals surface area contributed by atoms with Gasteiger partial charge in [0.2, 0.25) is 11.0 Å². The van der Waals surface area contributed by atoms with Gasteiger partial charge in [0.1, 0.15) is 11.6 Å². The van der Waals surface area contributed by atoms with Crippen LogP contribution in [-0.2, 0) is 16.0 Å². The largest absolute Gasteiger partial charge is 0.495 e. The Morgan fingerprint density at radius 2 is 2.18 bits per heavy atom. The van der Waals surface area contributed by atoms with Crippen LogP contribution < -0.4 is 15.4 Å². The first kappa shape index (κ1) is 16.2. The molecule has 8 heteroatoms. The van der Waals surface area contributed by atoms with Crippen LogP contribution in [-0.4, -0.2) is 36.1 Å². The maximum Gasteiger partial charge on any atom is 0.221 e. The molecule has 118 valence electrons. The molecule has 1 heterocycles. The smallest absolute Gasteiger partial charge is 0.221 e. The van der Waals surface area contributed by atoms with E-state index in [1.54, 1.807) is 26.4 Å². The van der Waals surface area contributed by atoms with Gasteiger partial charge in [-0.3, -0.25) is 4.79 Å². The van der Waals surface area contributed by atoms with Crippen molar-refractivity contribution in [3.63, 3.8) is 0 Å². The number of benzene rings is 1. The van der Waals surface area contributed by atoms with Gasteiger partial charge in [0.15, 0.2) is 0 Å². The highest BCUT2D eigenvalue weighted by atomic mass is 32.1. The summed E-state index contributed by atoms with van der Waals surface area (Å²) in [5, 5.41) is 6.58. The van der Waals surface area contributed by atoms with Crippen LogP contribution in [0.3, 0.4) is 0 Å². The number of anilines is 3. The molecule has 2 aromatic rings. The Hall–Kier alpha value is -2.19. The van der Waals surface area contributed by atoms with Crippen molar-refractivity contribution in [2.75, 3.05) is 31.5 Å². The molecule has 0 bridgehead atoms. The molecular weight excluding hydrogens is 304 g/mol. The van der Waals surface area contributed by atoms with Crippen LogP contribution in [0.4, 0.5) is 16.5 Å². The van der Waals surface area contributed by atoms with Crippen molar-refractivity contribution >= 4 is 33.9 Å². The van der Waals surface area contributed by atoms with Crippen LogP contribution in [0.1, 0.15) is 12.7 Å². The van der Waals surface area contributed by atoms with Crippen LogP contribution in [0.2, 0.25) is 0 Å². The molecule has 0 aliphatic rings. The van der Waals surface area contributed by atoms with Crippen molar-refractivity contribution in [2.45, 2.75) is 13.3 Å². The fourth-order valence-electron chi connectivity index (χ4n) is 1.80. The van der Waals surface area contributed by atoms with Gasteiger partial charge in [-0.1, -0.05) is 0 Å². The van der Waals surface area contributed by atoms with Gasteiger partial charge in [-0.15, -0.1) is 0 Å². The van der Waals surface area contributed by atoms with E-state index in [2.05, 4.69) is 20.0 Å². The van der Waals surface area contributed by atoms with E-state index in [-0.39, 0.29) is 5.91 Å². The molecule has 22 heavy (non-hydrogen) atoms. The minimum atomic E-state index is -0.159. The van der Waals surface area contributed by atoms with Crippen LogP contribution in [0.5, 0.6) is 5.75 Å². The van der Waals surface area contributed by atoms with Gasteiger partial charge < -0.3 is 20.1 Å². The summed E-state index contributed by atoms with van der Waals surface area (Å²) >= 11 is 1.28. The predicted molar refractivity (Wildman–Crippen MR) is 86.1 cm³/mol. The molecule has 0 saturated carbocycles. The third-order valence-electron chi connectivity index (χ3n) is 2.76. The minimum absolute atomic E-state index is 0.159. The zero-order chi connectivity index (χ0) is 15.9. The summed E-state index contributed by atoms with van der Waals surface area (Å²) in [7, 11) is 3.20. The molecule has 1 aromatic heterocycles. The van der Waals surface area contributed by atoms with Gasteiger partial charge >= 0.3 is 0 Å². The summed E-state index contributed by atoms with van der Waals surface area (Å²) in [6.45, 7) is 2.04. The zero-order valence-corrected chi connectivity index (χ0v) is 13.5. The van der Waals surface area contributed by atoms with E-state index >= 15 is 0 Å². The first-order valence-corrected chi connectivity index (χ1v) is 7.44. The van der Waals surface area contributed by atoms with Gasteiger partial charge in [-0.05, 0) is 18.2 Å². The third kappa shape index (κ3) is 4.40. The van der Waals surface area contributed by atoms with Gasteiger partial charge in [-0.2, -0.15) is 4.37 Å². The second-order valence-electron chi connectivity index (χ2n) is 4.48. The van der Waals surface area contributed by atoms with Crippen molar-refractivity contribution in [3.8, 4) is 5.75 Å². The lowest BCUT2D eigenvalue weighted by molar-refractivity contribution is -0.114. The normalized spacial score (nSPS) is 10.3. The summed E-state index contributed by atoms with van der Waals surface area (Å²) in [4.78, 5) is 15.6. The molecule has 1 aromatic carbocycles. The molecule has 1 amide bonds. The molecule has 0 radical (unpaired) electrons. The average molecular weight is 322 g/mol. The molecule has 0 atom stereocenters. The summed E-state index contributed by atoms with van der Waals surface area (Å²) in [6.07, 6.45) is 0.675. The highest BCUT2D eigenvalue weighted by molar-refractivity contribution is 7.09. The van der Waals surface area contributed by atoms with Crippen LogP contribution in [0, 0.1) is 0 Å². The van der Waals surface area contributed by atoms with Crippen LogP contribution in [0.15, 0.2) is 18.2 Å². The van der Waals surface area contributed by atoms with E-state index < -0.39 is 0 Å². The Kier molecular flexibility index (Phi) is 5.68. The molecule has 7 nitrogen and oxygen atoms in total. The lowest BCUT2D eigenvalue weighted by Crippen LogP contribution is -2.07. The fourth-order valence-corrected chi connectivity index (χ4v) is 2.43. The fraction of sp³-hybridized carbons (Fsp3) is 0.357. The number of ether oxygens (including phenoxy) is 2. The molecule has 0 aliphatic heterocycles. The molecule has 2 rings (SSSR count). The number of hydrogen-bond acceptors (Lipinski definition) is 7.